The summed E-state index contributed by atoms with van der Waals surface area (Å²) in [6.45, 7) is 6.03. The third-order valence-corrected chi connectivity index (χ3v) is 3.00. The molecule has 0 saturated heterocycles. The van der Waals surface area contributed by atoms with Gasteiger partial charge < -0.3 is 5.11 Å². The average molecular weight is 245 g/mol. The van der Waals surface area contributed by atoms with E-state index in [-0.39, 0.29) is 5.69 Å². The monoisotopic (exact) mass is 245 g/mol. The Hall–Kier alpha value is -2.17. The first-order chi connectivity index (χ1) is 8.54. The highest BCUT2D eigenvalue weighted by molar-refractivity contribution is 5.85. The van der Waals surface area contributed by atoms with Crippen LogP contribution in [0.4, 0.5) is 0 Å². The quantitative estimate of drug-likeness (QED) is 0.899. The van der Waals surface area contributed by atoms with Crippen LogP contribution in [-0.4, -0.2) is 25.8 Å². The molecular weight excluding hydrogens is 230 g/mol. The molecule has 2 aromatic heterocycles. The zero-order valence-corrected chi connectivity index (χ0v) is 10.6. The fraction of sp³-hybridized carbons (Fsp3) is 0.308. The Morgan fingerprint density at radius 2 is 2.17 bits per heavy atom. The molecule has 0 saturated carbocycles. The maximum absolute atomic E-state index is 10.9. The van der Waals surface area contributed by atoms with E-state index in [4.69, 9.17) is 5.11 Å². The molecule has 0 amide bonds. The van der Waals surface area contributed by atoms with Crippen molar-refractivity contribution in [3.63, 3.8) is 0 Å². The molecule has 2 heterocycles. The Morgan fingerprint density at radius 3 is 2.72 bits per heavy atom. The van der Waals surface area contributed by atoms with Crippen molar-refractivity contribution >= 4 is 5.97 Å². The predicted octanol–water partition coefficient (Wildman–Crippen LogP) is 2.14. The largest absolute Gasteiger partial charge is 0.477 e. The first-order valence-corrected chi connectivity index (χ1v) is 5.79. The van der Waals surface area contributed by atoms with E-state index in [2.05, 4.69) is 17.0 Å². The lowest BCUT2D eigenvalue weighted by molar-refractivity contribution is 0.0690. The van der Waals surface area contributed by atoms with Gasteiger partial charge in [0.25, 0.3) is 0 Å². The fourth-order valence-electron chi connectivity index (χ4n) is 2.11. The maximum Gasteiger partial charge on any atom is 0.354 e. The summed E-state index contributed by atoms with van der Waals surface area (Å²) in [6.07, 6.45) is 2.40. The molecule has 0 spiro atoms. The lowest BCUT2D eigenvalue weighted by Gasteiger charge is -2.05. The number of rotatable bonds is 3. The third-order valence-electron chi connectivity index (χ3n) is 3.00. The summed E-state index contributed by atoms with van der Waals surface area (Å²) in [5.74, 6) is -1.03. The van der Waals surface area contributed by atoms with Crippen LogP contribution < -0.4 is 0 Å². The Morgan fingerprint density at radius 1 is 1.44 bits per heavy atom. The van der Waals surface area contributed by atoms with Crippen molar-refractivity contribution < 1.29 is 9.90 Å². The van der Waals surface area contributed by atoms with Gasteiger partial charge in [-0.15, -0.1) is 0 Å². The molecule has 0 aliphatic heterocycles. The van der Waals surface area contributed by atoms with E-state index in [1.54, 1.807) is 10.7 Å². The molecule has 2 aromatic rings. The van der Waals surface area contributed by atoms with Gasteiger partial charge in [0.1, 0.15) is 5.69 Å². The van der Waals surface area contributed by atoms with E-state index in [0.717, 1.165) is 23.5 Å². The van der Waals surface area contributed by atoms with Gasteiger partial charge in [0.05, 0.1) is 11.4 Å². The normalized spacial score (nSPS) is 10.6. The molecule has 0 atom stereocenters. The van der Waals surface area contributed by atoms with E-state index < -0.39 is 5.97 Å². The number of carboxylic acid groups (broad SMARTS) is 1. The van der Waals surface area contributed by atoms with Crippen LogP contribution in [0.15, 0.2) is 18.3 Å². The van der Waals surface area contributed by atoms with E-state index in [1.807, 2.05) is 13.8 Å². The zero-order valence-electron chi connectivity index (χ0n) is 10.6. The first kappa shape index (κ1) is 12.3. The molecule has 0 aromatic carbocycles. The van der Waals surface area contributed by atoms with Crippen molar-refractivity contribution in [2.75, 3.05) is 0 Å². The number of carboxylic acids is 1. The van der Waals surface area contributed by atoms with Crippen molar-refractivity contribution in [3.05, 3.63) is 41.0 Å². The van der Waals surface area contributed by atoms with E-state index >= 15 is 0 Å². The summed E-state index contributed by atoms with van der Waals surface area (Å²) >= 11 is 0. The standard InChI is InChI=1S/C13H15N3O2/c1-4-11-8(2)15-16(9(11)3)10-5-6-14-12(7-10)13(17)18/h5-7H,4H2,1-3H3,(H,17,18). The van der Waals surface area contributed by atoms with E-state index in [1.165, 1.54) is 17.8 Å². The van der Waals surface area contributed by atoms with Crippen LogP contribution in [0.1, 0.15) is 34.4 Å². The summed E-state index contributed by atoms with van der Waals surface area (Å²) in [7, 11) is 0. The van der Waals surface area contributed by atoms with Crippen molar-refractivity contribution in [1.82, 2.24) is 14.8 Å². The van der Waals surface area contributed by atoms with E-state index in [0.29, 0.717) is 0 Å². The lowest BCUT2D eigenvalue weighted by Crippen LogP contribution is -2.05. The molecule has 0 aliphatic carbocycles. The zero-order chi connectivity index (χ0) is 13.3. The minimum absolute atomic E-state index is 0.0260. The van der Waals surface area contributed by atoms with Gasteiger partial charge in [-0.25, -0.2) is 14.5 Å². The summed E-state index contributed by atoms with van der Waals surface area (Å²) in [5, 5.41) is 13.4. The van der Waals surface area contributed by atoms with Gasteiger partial charge in [-0.2, -0.15) is 5.10 Å². The van der Waals surface area contributed by atoms with Gasteiger partial charge in [-0.1, -0.05) is 6.92 Å². The highest BCUT2D eigenvalue weighted by atomic mass is 16.4. The summed E-state index contributed by atoms with van der Waals surface area (Å²) < 4.78 is 1.77. The molecular formula is C13H15N3O2. The number of aromatic nitrogens is 3. The van der Waals surface area contributed by atoms with Crippen LogP contribution >= 0.6 is 0 Å². The Labute approximate surface area is 105 Å². The molecule has 0 fully saturated rings. The minimum Gasteiger partial charge on any atom is -0.477 e. The number of carbonyl (C=O) groups is 1. The number of aryl methyl sites for hydroxylation is 1. The molecule has 0 radical (unpaired) electrons. The van der Waals surface area contributed by atoms with E-state index in [9.17, 15) is 4.79 Å². The maximum atomic E-state index is 10.9. The van der Waals surface area contributed by atoms with Gasteiger partial charge in [-0.3, -0.25) is 0 Å². The second-order valence-electron chi connectivity index (χ2n) is 4.12. The second-order valence-corrected chi connectivity index (χ2v) is 4.12. The Bertz CT molecular complexity index is 602. The third kappa shape index (κ3) is 1.99. The number of hydrogen-bond donors (Lipinski definition) is 1. The van der Waals surface area contributed by atoms with Crippen molar-refractivity contribution in [2.45, 2.75) is 27.2 Å². The number of nitrogens with zero attached hydrogens (tertiary/aromatic N) is 3. The summed E-state index contributed by atoms with van der Waals surface area (Å²) in [4.78, 5) is 14.7. The Kier molecular flexibility index (Phi) is 3.14. The molecule has 94 valence electrons. The highest BCUT2D eigenvalue weighted by Gasteiger charge is 2.12. The molecule has 0 aliphatic rings. The van der Waals surface area contributed by atoms with Crippen LogP contribution in [0.2, 0.25) is 0 Å². The van der Waals surface area contributed by atoms with Gasteiger partial charge >= 0.3 is 5.97 Å². The summed E-state index contributed by atoms with van der Waals surface area (Å²) in [6, 6.07) is 3.28. The molecule has 5 nitrogen and oxygen atoms in total. The van der Waals surface area contributed by atoms with Crippen LogP contribution in [0.25, 0.3) is 5.69 Å². The first-order valence-electron chi connectivity index (χ1n) is 5.79. The minimum atomic E-state index is -1.03. The van der Waals surface area contributed by atoms with Gasteiger partial charge in [-0.05, 0) is 38.0 Å². The van der Waals surface area contributed by atoms with Gasteiger partial charge in [0, 0.05) is 11.9 Å². The average Bonchev–Trinajstić information content (AvgIpc) is 2.64. The van der Waals surface area contributed by atoms with Crippen molar-refractivity contribution in [1.29, 1.82) is 0 Å². The van der Waals surface area contributed by atoms with Crippen molar-refractivity contribution in [2.24, 2.45) is 0 Å². The smallest absolute Gasteiger partial charge is 0.354 e. The SMILES string of the molecule is CCc1c(C)nn(-c2ccnc(C(=O)O)c2)c1C. The second kappa shape index (κ2) is 4.60. The molecule has 1 N–H and O–H groups in total. The molecule has 0 bridgehead atoms. The highest BCUT2D eigenvalue weighted by Crippen LogP contribution is 2.18. The Balaban J connectivity index is 2.55. The lowest BCUT2D eigenvalue weighted by atomic mass is 10.1. The number of pyridine rings is 1. The predicted molar refractivity (Wildman–Crippen MR) is 67.2 cm³/mol. The number of hydrogen-bond acceptors (Lipinski definition) is 3. The van der Waals surface area contributed by atoms with Crippen LogP contribution in [0, 0.1) is 13.8 Å². The molecule has 18 heavy (non-hydrogen) atoms. The topological polar surface area (TPSA) is 68.0 Å². The van der Waals surface area contributed by atoms with Crippen molar-refractivity contribution in [3.8, 4) is 5.69 Å². The van der Waals surface area contributed by atoms with Gasteiger partial charge in [0.2, 0.25) is 0 Å². The fourth-order valence-corrected chi connectivity index (χ4v) is 2.11. The van der Waals surface area contributed by atoms with Crippen LogP contribution in [0.5, 0.6) is 0 Å². The molecule has 5 heteroatoms. The van der Waals surface area contributed by atoms with Crippen LogP contribution in [-0.2, 0) is 6.42 Å². The number of aromatic carboxylic acids is 1. The van der Waals surface area contributed by atoms with Gasteiger partial charge in [0.15, 0.2) is 0 Å². The molecule has 2 rings (SSSR count). The van der Waals surface area contributed by atoms with Crippen LogP contribution in [0.3, 0.4) is 0 Å². The summed E-state index contributed by atoms with van der Waals surface area (Å²) in [5.41, 5.74) is 3.96. The molecule has 0 unspecified atom stereocenters.